The van der Waals surface area contributed by atoms with E-state index in [1.54, 1.807) is 0 Å². The van der Waals surface area contributed by atoms with Gasteiger partial charge >= 0.3 is 0 Å². The molecule has 1 aliphatic carbocycles. The number of hydrogen-bond donors (Lipinski definition) is 0. The molecule has 0 radical (unpaired) electrons. The summed E-state index contributed by atoms with van der Waals surface area (Å²) in [6.07, 6.45) is 0. The standard InChI is InChI=1S/C68H50N4O2/c1-67(2)55-16-8-11-19-61(55)72(62-39-32-48(40-58(62)67)45-24-28-47(29-25-45)66-70-60-18-10-13-21-64(60)74-66)52-36-38-54-53-37-35-51(41-56(53)68(3,4)57(54)42-52)71(49-14-6-5-7-15-49)50-33-30-44(31-34-50)43-22-26-46(27-23-43)65-69-59-17-9-12-20-63(59)73-65/h5-42H,1-4H3. The van der Waals surface area contributed by atoms with E-state index >= 15 is 0 Å². The molecular weight excluding hydrogens is 905 g/mol. The first kappa shape index (κ1) is 43.5. The number of benzene rings is 10. The molecule has 1 aliphatic heterocycles. The van der Waals surface area contributed by atoms with Crippen molar-refractivity contribution in [3.8, 4) is 56.3 Å². The Bertz CT molecular complexity index is 4060. The Labute approximate surface area is 430 Å². The highest BCUT2D eigenvalue weighted by Gasteiger charge is 2.40. The molecule has 10 aromatic carbocycles. The zero-order valence-electron chi connectivity index (χ0n) is 41.5. The minimum absolute atomic E-state index is 0.245. The van der Waals surface area contributed by atoms with Gasteiger partial charge in [-0.3, -0.25) is 0 Å². The fraction of sp³-hybridized carbons (Fsp3) is 0.0882. The van der Waals surface area contributed by atoms with Crippen LogP contribution in [-0.4, -0.2) is 9.97 Å². The van der Waals surface area contributed by atoms with Crippen LogP contribution in [0.3, 0.4) is 0 Å². The van der Waals surface area contributed by atoms with Gasteiger partial charge in [-0.15, -0.1) is 0 Å². The van der Waals surface area contributed by atoms with Gasteiger partial charge in [-0.05, 0) is 171 Å². The molecule has 12 aromatic rings. The van der Waals surface area contributed by atoms with E-state index in [0.717, 1.165) is 72.8 Å². The quantitative estimate of drug-likeness (QED) is 0.151. The van der Waals surface area contributed by atoms with Crippen molar-refractivity contribution in [2.45, 2.75) is 38.5 Å². The van der Waals surface area contributed by atoms with Crippen LogP contribution in [0, 0.1) is 0 Å². The molecule has 6 heteroatoms. The van der Waals surface area contributed by atoms with E-state index < -0.39 is 0 Å². The van der Waals surface area contributed by atoms with Gasteiger partial charge < -0.3 is 18.6 Å². The first-order chi connectivity index (χ1) is 36.2. The molecule has 0 bridgehead atoms. The molecular formula is C68H50N4O2. The first-order valence-electron chi connectivity index (χ1n) is 25.4. The Kier molecular flexibility index (Phi) is 9.80. The predicted molar refractivity (Wildman–Crippen MR) is 302 cm³/mol. The lowest BCUT2D eigenvalue weighted by Crippen LogP contribution is -2.30. The predicted octanol–water partition coefficient (Wildman–Crippen LogP) is 18.5. The van der Waals surface area contributed by atoms with Gasteiger partial charge in [-0.2, -0.15) is 0 Å². The van der Waals surface area contributed by atoms with Crippen LogP contribution in [0.5, 0.6) is 0 Å². The highest BCUT2D eigenvalue weighted by Crippen LogP contribution is 2.56. The molecule has 3 heterocycles. The van der Waals surface area contributed by atoms with Crippen molar-refractivity contribution in [1.82, 2.24) is 9.97 Å². The van der Waals surface area contributed by atoms with Crippen LogP contribution in [0.2, 0.25) is 0 Å². The van der Waals surface area contributed by atoms with Crippen LogP contribution in [-0.2, 0) is 10.8 Å². The molecule has 0 N–H and O–H groups in total. The lowest BCUT2D eigenvalue weighted by molar-refractivity contribution is 0.619. The molecule has 0 amide bonds. The maximum atomic E-state index is 6.11. The van der Waals surface area contributed by atoms with Crippen molar-refractivity contribution in [1.29, 1.82) is 0 Å². The van der Waals surface area contributed by atoms with E-state index in [-0.39, 0.29) is 10.8 Å². The molecule has 14 rings (SSSR count). The Morgan fingerprint density at radius 3 is 1.45 bits per heavy atom. The van der Waals surface area contributed by atoms with Crippen molar-refractivity contribution in [2.75, 3.05) is 9.80 Å². The highest BCUT2D eigenvalue weighted by molar-refractivity contribution is 5.92. The summed E-state index contributed by atoms with van der Waals surface area (Å²) in [5.74, 6) is 1.26. The van der Waals surface area contributed by atoms with Crippen molar-refractivity contribution < 1.29 is 8.83 Å². The second kappa shape index (κ2) is 16.7. The summed E-state index contributed by atoms with van der Waals surface area (Å²) in [5, 5.41) is 0. The van der Waals surface area contributed by atoms with Crippen LogP contribution < -0.4 is 9.80 Å². The zero-order valence-corrected chi connectivity index (χ0v) is 41.5. The normalized spacial score (nSPS) is 13.9. The molecule has 0 spiro atoms. The fourth-order valence-corrected chi connectivity index (χ4v) is 11.6. The van der Waals surface area contributed by atoms with Gasteiger partial charge in [0.25, 0.3) is 0 Å². The number of rotatable bonds is 8. The average Bonchev–Trinajstić information content (AvgIpc) is 4.21. The van der Waals surface area contributed by atoms with Gasteiger partial charge in [0.15, 0.2) is 11.2 Å². The summed E-state index contributed by atoms with van der Waals surface area (Å²) in [6.45, 7) is 9.48. The summed E-state index contributed by atoms with van der Waals surface area (Å²) < 4.78 is 12.2. The third-order valence-electron chi connectivity index (χ3n) is 15.5. The van der Waals surface area contributed by atoms with Crippen molar-refractivity contribution in [2.24, 2.45) is 0 Å². The minimum atomic E-state index is -0.279. The molecule has 0 atom stereocenters. The SMILES string of the molecule is CC1(C)c2cc(N(c3ccccc3)c3ccc(-c4ccc(-c5nc6ccccc6o5)cc4)cc3)ccc2-c2ccc(N3c4ccccc4C(C)(C)c4cc(-c5ccc(-c6nc7ccccc7o6)cc5)ccc43)cc21. The van der Waals surface area contributed by atoms with Crippen molar-refractivity contribution in [3.05, 3.63) is 253 Å². The molecule has 6 nitrogen and oxygen atoms in total. The Balaban J connectivity index is 0.784. The summed E-state index contributed by atoms with van der Waals surface area (Å²) in [5.41, 5.74) is 23.9. The molecule has 0 saturated carbocycles. The summed E-state index contributed by atoms with van der Waals surface area (Å²) >= 11 is 0. The number of nitrogens with zero attached hydrogens (tertiary/aromatic N) is 4. The number of oxazole rings is 2. The smallest absolute Gasteiger partial charge is 0.227 e. The van der Waals surface area contributed by atoms with Crippen LogP contribution in [0.4, 0.5) is 34.1 Å². The molecule has 354 valence electrons. The third kappa shape index (κ3) is 7.01. The van der Waals surface area contributed by atoms with E-state index in [1.807, 2.05) is 48.5 Å². The minimum Gasteiger partial charge on any atom is -0.436 e. The molecule has 74 heavy (non-hydrogen) atoms. The number of para-hydroxylation sites is 6. The lowest BCUT2D eigenvalue weighted by atomic mass is 9.72. The summed E-state index contributed by atoms with van der Waals surface area (Å²) in [6, 6.07) is 82.4. The Hall–Kier alpha value is -9.26. The monoisotopic (exact) mass is 954 g/mol. The molecule has 0 saturated heterocycles. The summed E-state index contributed by atoms with van der Waals surface area (Å²) in [7, 11) is 0. The van der Waals surface area contributed by atoms with Crippen LogP contribution in [0.1, 0.15) is 49.9 Å². The van der Waals surface area contributed by atoms with E-state index in [4.69, 9.17) is 18.8 Å². The van der Waals surface area contributed by atoms with E-state index in [9.17, 15) is 0 Å². The second-order valence-corrected chi connectivity index (χ2v) is 20.6. The van der Waals surface area contributed by atoms with Gasteiger partial charge in [0.05, 0.1) is 11.4 Å². The molecule has 2 aromatic heterocycles. The first-order valence-corrected chi connectivity index (χ1v) is 25.4. The highest BCUT2D eigenvalue weighted by atomic mass is 16.4. The third-order valence-corrected chi connectivity index (χ3v) is 15.5. The Morgan fingerprint density at radius 1 is 0.351 bits per heavy atom. The number of hydrogen-bond acceptors (Lipinski definition) is 6. The number of anilines is 6. The fourth-order valence-electron chi connectivity index (χ4n) is 11.6. The largest absolute Gasteiger partial charge is 0.436 e. The van der Waals surface area contributed by atoms with Crippen LogP contribution in [0.15, 0.2) is 239 Å². The lowest BCUT2D eigenvalue weighted by Gasteiger charge is -2.42. The molecule has 0 fully saturated rings. The van der Waals surface area contributed by atoms with Gasteiger partial charge in [0.1, 0.15) is 11.0 Å². The van der Waals surface area contributed by atoms with Gasteiger partial charge in [0.2, 0.25) is 11.8 Å². The van der Waals surface area contributed by atoms with E-state index in [1.165, 1.54) is 50.3 Å². The summed E-state index contributed by atoms with van der Waals surface area (Å²) in [4.78, 5) is 14.3. The van der Waals surface area contributed by atoms with Crippen LogP contribution in [0.25, 0.3) is 78.5 Å². The number of fused-ring (bicyclic) bond motifs is 7. The van der Waals surface area contributed by atoms with Crippen molar-refractivity contribution in [3.63, 3.8) is 0 Å². The maximum Gasteiger partial charge on any atom is 0.227 e. The van der Waals surface area contributed by atoms with Gasteiger partial charge in [-0.1, -0.05) is 143 Å². The van der Waals surface area contributed by atoms with E-state index in [0.29, 0.717) is 11.8 Å². The zero-order chi connectivity index (χ0) is 49.7. The second-order valence-electron chi connectivity index (χ2n) is 20.6. The van der Waals surface area contributed by atoms with Gasteiger partial charge in [-0.25, -0.2) is 9.97 Å². The number of aromatic nitrogens is 2. The molecule has 0 unspecified atom stereocenters. The van der Waals surface area contributed by atoms with E-state index in [2.05, 4.69) is 219 Å². The van der Waals surface area contributed by atoms with Gasteiger partial charge in [0, 0.05) is 44.7 Å². The Morgan fingerprint density at radius 2 is 0.811 bits per heavy atom. The van der Waals surface area contributed by atoms with Crippen molar-refractivity contribution >= 4 is 56.3 Å². The maximum absolute atomic E-state index is 6.11. The van der Waals surface area contributed by atoms with Crippen LogP contribution >= 0.6 is 0 Å². The molecule has 2 aliphatic rings. The average molecular weight is 955 g/mol. The topological polar surface area (TPSA) is 58.5 Å².